The van der Waals surface area contributed by atoms with Crippen molar-refractivity contribution in [2.75, 3.05) is 26.8 Å². The first kappa shape index (κ1) is 31.3. The lowest BCUT2D eigenvalue weighted by atomic mass is 9.96. The lowest BCUT2D eigenvalue weighted by molar-refractivity contribution is -0.129. The van der Waals surface area contributed by atoms with E-state index in [1.165, 1.54) is 6.92 Å². The monoisotopic (exact) mass is 486 g/mol. The molecule has 34 heavy (non-hydrogen) atoms. The number of carbonyl (C=O) groups is 4. The number of carbonyl (C=O) groups excluding carboxylic acids is 4. The maximum absolute atomic E-state index is 12.4. The lowest BCUT2D eigenvalue weighted by Crippen LogP contribution is -2.47. The maximum Gasteiger partial charge on any atom is 0.414 e. The number of amides is 3. The predicted molar refractivity (Wildman–Crippen MR) is 129 cm³/mol. The van der Waals surface area contributed by atoms with Gasteiger partial charge in [0.1, 0.15) is 17.0 Å². The highest BCUT2D eigenvalue weighted by Gasteiger charge is 2.22. The van der Waals surface area contributed by atoms with Crippen LogP contribution < -0.4 is 16.0 Å². The van der Waals surface area contributed by atoms with Crippen molar-refractivity contribution in [3.63, 3.8) is 0 Å². The van der Waals surface area contributed by atoms with Crippen LogP contribution in [0.5, 0.6) is 0 Å². The zero-order chi connectivity index (χ0) is 26.4. The fourth-order valence-electron chi connectivity index (χ4n) is 2.68. The Labute approximate surface area is 202 Å². The number of hydrogen-bond acceptors (Lipinski definition) is 8. The van der Waals surface area contributed by atoms with Gasteiger partial charge in [0.05, 0.1) is 0 Å². The van der Waals surface area contributed by atoms with Gasteiger partial charge in [-0.15, -0.1) is 0 Å². The van der Waals surface area contributed by atoms with E-state index < -0.39 is 29.3 Å². The average Bonchev–Trinajstić information content (AvgIpc) is 2.63. The van der Waals surface area contributed by atoms with Gasteiger partial charge < -0.3 is 24.3 Å². The van der Waals surface area contributed by atoms with Gasteiger partial charge in [-0.25, -0.2) is 9.59 Å². The van der Waals surface area contributed by atoms with Crippen molar-refractivity contribution in [1.29, 1.82) is 0 Å². The van der Waals surface area contributed by atoms with Crippen molar-refractivity contribution in [2.45, 2.75) is 85.4 Å². The summed E-state index contributed by atoms with van der Waals surface area (Å²) in [6, 6.07) is 0. The van der Waals surface area contributed by atoms with Crippen molar-refractivity contribution in [1.82, 2.24) is 16.0 Å². The van der Waals surface area contributed by atoms with Crippen LogP contribution in [0.4, 0.5) is 9.59 Å². The Kier molecular flexibility index (Phi) is 14.1. The number of Topliss-reactive ketones (excluding diaryl/α,β-unsaturated/α-hetero) is 1. The normalized spacial score (nSPS) is 12.2. The highest BCUT2D eigenvalue weighted by Crippen LogP contribution is 2.13. The van der Waals surface area contributed by atoms with Crippen molar-refractivity contribution < 1.29 is 33.4 Å². The topological polar surface area (TPSA) is 144 Å². The molecule has 0 spiro atoms. The zero-order valence-electron chi connectivity index (χ0n) is 21.8. The Morgan fingerprint density at radius 3 is 1.85 bits per heavy atom. The minimum atomic E-state index is -0.785. The van der Waals surface area contributed by atoms with Gasteiger partial charge in [0.25, 0.3) is 0 Å². The predicted octanol–water partition coefficient (Wildman–Crippen LogP) is 2.92. The number of hydrogen-bond donors (Lipinski definition) is 3. The van der Waals surface area contributed by atoms with Crippen molar-refractivity contribution >= 4 is 29.8 Å². The molecule has 0 aromatic carbocycles. The van der Waals surface area contributed by atoms with Gasteiger partial charge in [-0.05, 0) is 67.7 Å². The van der Waals surface area contributed by atoms with Crippen LogP contribution in [0.2, 0.25) is 0 Å². The second-order valence-corrected chi connectivity index (χ2v) is 9.87. The highest BCUT2D eigenvalue weighted by molar-refractivity contribution is 6.01. The standard InChI is InChI=1S/C23H42N4O7/c1-16(28)15-17(18(29)24-13-10-14-32-8)11-9-12-25-19(26-20(30)33-22(2,3)4)27-21(31)34-23(5,6)7/h17H,9-15H2,1-8H3,(H,24,29)(H2,25,26,27,30,31)/t17-/m1/s1. The molecule has 0 saturated heterocycles. The van der Waals surface area contributed by atoms with Crippen molar-refractivity contribution in [2.24, 2.45) is 10.9 Å². The molecule has 0 rings (SSSR count). The summed E-state index contributed by atoms with van der Waals surface area (Å²) < 4.78 is 15.4. The van der Waals surface area contributed by atoms with Crippen molar-refractivity contribution in [3.05, 3.63) is 0 Å². The van der Waals surface area contributed by atoms with E-state index in [0.717, 1.165) is 0 Å². The second kappa shape index (κ2) is 15.3. The Balaban J connectivity index is 5.09. The van der Waals surface area contributed by atoms with Crippen LogP contribution in [-0.4, -0.2) is 67.8 Å². The molecule has 0 aliphatic heterocycles. The molecule has 11 nitrogen and oxygen atoms in total. The second-order valence-electron chi connectivity index (χ2n) is 9.87. The van der Waals surface area contributed by atoms with Gasteiger partial charge in [0.15, 0.2) is 0 Å². The maximum atomic E-state index is 12.4. The molecule has 0 radical (unpaired) electrons. The molecule has 0 heterocycles. The molecule has 0 bridgehead atoms. The summed E-state index contributed by atoms with van der Waals surface area (Å²) in [5.41, 5.74) is -1.48. The molecule has 196 valence electrons. The Hall–Kier alpha value is -2.69. The molecule has 0 aliphatic rings. The number of nitrogens with one attached hydrogen (secondary N) is 3. The van der Waals surface area contributed by atoms with E-state index in [-0.39, 0.29) is 30.6 Å². The van der Waals surface area contributed by atoms with Crippen molar-refractivity contribution in [3.8, 4) is 0 Å². The van der Waals surface area contributed by atoms with Crippen LogP contribution in [0.1, 0.15) is 74.1 Å². The molecular formula is C23H42N4O7. The van der Waals surface area contributed by atoms with E-state index in [9.17, 15) is 19.2 Å². The Bertz CT molecular complexity index is 677. The summed E-state index contributed by atoms with van der Waals surface area (Å²) in [7, 11) is 1.59. The SMILES string of the molecule is COCCCNC(=O)[C@H](CCCN=C(NC(=O)OC(C)(C)C)NC(=O)OC(C)(C)C)CC(C)=O. The van der Waals surface area contributed by atoms with Crippen LogP contribution in [0.3, 0.4) is 0 Å². The molecule has 11 heteroatoms. The van der Waals surface area contributed by atoms with Gasteiger partial charge in [0, 0.05) is 39.1 Å². The Morgan fingerprint density at radius 2 is 1.41 bits per heavy atom. The number of aliphatic imine (C=N–C) groups is 1. The van der Waals surface area contributed by atoms with Crippen LogP contribution in [-0.2, 0) is 23.8 Å². The number of ketones is 1. The summed E-state index contributed by atoms with van der Waals surface area (Å²) in [6.45, 7) is 12.9. The number of methoxy groups -OCH3 is 1. The first-order valence-corrected chi connectivity index (χ1v) is 11.4. The van der Waals surface area contributed by atoms with Crippen LogP contribution in [0, 0.1) is 5.92 Å². The van der Waals surface area contributed by atoms with Gasteiger partial charge in [-0.2, -0.15) is 0 Å². The number of nitrogens with zero attached hydrogens (tertiary/aromatic N) is 1. The largest absolute Gasteiger partial charge is 0.444 e. The molecular weight excluding hydrogens is 444 g/mol. The van der Waals surface area contributed by atoms with Crippen LogP contribution in [0.25, 0.3) is 0 Å². The van der Waals surface area contributed by atoms with E-state index >= 15 is 0 Å². The third-order valence-corrected chi connectivity index (χ3v) is 3.95. The molecule has 0 aliphatic carbocycles. The third kappa shape index (κ3) is 17.8. The molecule has 1 atom stereocenters. The number of rotatable bonds is 11. The summed E-state index contributed by atoms with van der Waals surface area (Å²) in [4.78, 5) is 52.5. The van der Waals surface area contributed by atoms with Crippen LogP contribution >= 0.6 is 0 Å². The first-order chi connectivity index (χ1) is 15.6. The number of alkyl carbamates (subject to hydrolysis) is 2. The molecule has 0 saturated carbocycles. The average molecular weight is 487 g/mol. The van der Waals surface area contributed by atoms with E-state index in [1.54, 1.807) is 48.7 Å². The van der Waals surface area contributed by atoms with E-state index in [1.807, 2.05) is 0 Å². The molecule has 3 amide bonds. The minimum absolute atomic E-state index is 0.0839. The minimum Gasteiger partial charge on any atom is -0.444 e. The molecule has 0 unspecified atom stereocenters. The molecule has 0 aromatic rings. The summed E-state index contributed by atoms with van der Waals surface area (Å²) in [6.07, 6.45) is 0.0814. The first-order valence-electron chi connectivity index (χ1n) is 11.4. The Morgan fingerprint density at radius 1 is 0.882 bits per heavy atom. The fraction of sp³-hybridized carbons (Fsp3) is 0.783. The quantitative estimate of drug-likeness (QED) is 0.231. The van der Waals surface area contributed by atoms with Crippen LogP contribution in [0.15, 0.2) is 4.99 Å². The smallest absolute Gasteiger partial charge is 0.414 e. The molecule has 0 aromatic heterocycles. The zero-order valence-corrected chi connectivity index (χ0v) is 21.8. The number of guanidine groups is 1. The van der Waals surface area contributed by atoms with Gasteiger partial charge in [0.2, 0.25) is 11.9 Å². The van der Waals surface area contributed by atoms with Gasteiger partial charge in [-0.3, -0.25) is 20.4 Å². The van der Waals surface area contributed by atoms with E-state index in [2.05, 4.69) is 20.9 Å². The summed E-state index contributed by atoms with van der Waals surface area (Å²) in [5.74, 6) is -0.902. The van der Waals surface area contributed by atoms with Gasteiger partial charge in [-0.1, -0.05) is 0 Å². The van der Waals surface area contributed by atoms with Gasteiger partial charge >= 0.3 is 12.2 Å². The summed E-state index contributed by atoms with van der Waals surface area (Å²) in [5, 5.41) is 7.62. The van der Waals surface area contributed by atoms with E-state index in [0.29, 0.717) is 32.4 Å². The number of ether oxygens (including phenoxy) is 3. The fourth-order valence-corrected chi connectivity index (χ4v) is 2.68. The molecule has 3 N–H and O–H groups in total. The third-order valence-electron chi connectivity index (χ3n) is 3.95. The lowest BCUT2D eigenvalue weighted by Gasteiger charge is -2.22. The molecule has 0 fully saturated rings. The van der Waals surface area contributed by atoms with E-state index in [4.69, 9.17) is 14.2 Å². The highest BCUT2D eigenvalue weighted by atomic mass is 16.6. The summed E-state index contributed by atoms with van der Waals surface area (Å²) >= 11 is 0.